The van der Waals surface area contributed by atoms with Crippen molar-refractivity contribution >= 4 is 23.1 Å². The number of carbonyl (C=O) groups excluding carboxylic acids is 1. The van der Waals surface area contributed by atoms with Crippen molar-refractivity contribution in [2.75, 3.05) is 23.3 Å². The van der Waals surface area contributed by atoms with E-state index in [1.165, 1.54) is 4.40 Å². The number of carbonyl (C=O) groups is 1. The van der Waals surface area contributed by atoms with Crippen LogP contribution in [0.15, 0.2) is 65.6 Å². The van der Waals surface area contributed by atoms with Gasteiger partial charge in [-0.3, -0.25) is 14.0 Å². The Morgan fingerprint density at radius 2 is 1.77 bits per heavy atom. The highest BCUT2D eigenvalue weighted by atomic mass is 16.2. The summed E-state index contributed by atoms with van der Waals surface area (Å²) in [5.41, 5.74) is 1.37. The Balaban J connectivity index is 1.43. The normalized spacial score (nSPS) is 15.2. The van der Waals surface area contributed by atoms with E-state index in [4.69, 9.17) is 0 Å². The maximum Gasteiger partial charge on any atom is 0.259 e. The Kier molecular flexibility index (Phi) is 4.39. The number of aromatic nitrogens is 2. The number of para-hydroxylation sites is 1. The molecule has 26 heavy (non-hydrogen) atoms. The van der Waals surface area contributed by atoms with E-state index in [1.54, 1.807) is 12.3 Å². The summed E-state index contributed by atoms with van der Waals surface area (Å²) in [7, 11) is 0. The number of amides is 1. The van der Waals surface area contributed by atoms with Crippen LogP contribution in [0.25, 0.3) is 5.65 Å². The van der Waals surface area contributed by atoms with Gasteiger partial charge in [0.1, 0.15) is 11.5 Å². The minimum absolute atomic E-state index is 0.0204. The Labute approximate surface area is 151 Å². The second-order valence-corrected chi connectivity index (χ2v) is 6.50. The van der Waals surface area contributed by atoms with Crippen molar-refractivity contribution in [2.24, 2.45) is 5.92 Å². The van der Waals surface area contributed by atoms with Gasteiger partial charge in [-0.2, -0.15) is 0 Å². The van der Waals surface area contributed by atoms with Crippen LogP contribution in [-0.2, 0) is 4.79 Å². The van der Waals surface area contributed by atoms with Gasteiger partial charge in [-0.1, -0.05) is 24.3 Å². The number of nitrogens with zero attached hydrogens (tertiary/aromatic N) is 3. The van der Waals surface area contributed by atoms with Crippen molar-refractivity contribution in [2.45, 2.75) is 12.8 Å². The molecule has 3 aromatic rings. The standard InChI is InChI=1S/C20H20N4O2/c25-19-14-18(22-17-8-4-5-11-24(17)19)23-12-9-15(10-13-23)20(26)21-16-6-2-1-3-7-16/h1-8,11,14-15H,9-10,12-13H2,(H,21,26). The molecule has 0 radical (unpaired) electrons. The van der Waals surface area contributed by atoms with Gasteiger partial charge >= 0.3 is 0 Å². The monoisotopic (exact) mass is 348 g/mol. The van der Waals surface area contributed by atoms with Crippen molar-refractivity contribution < 1.29 is 4.79 Å². The van der Waals surface area contributed by atoms with Crippen LogP contribution in [0.1, 0.15) is 12.8 Å². The number of piperidine rings is 1. The molecule has 1 aliphatic heterocycles. The third-order valence-electron chi connectivity index (χ3n) is 4.79. The second-order valence-electron chi connectivity index (χ2n) is 6.50. The molecule has 1 aromatic carbocycles. The van der Waals surface area contributed by atoms with Gasteiger partial charge in [-0.25, -0.2) is 4.98 Å². The summed E-state index contributed by atoms with van der Waals surface area (Å²) < 4.78 is 1.53. The van der Waals surface area contributed by atoms with E-state index in [0.29, 0.717) is 24.6 Å². The molecule has 0 atom stereocenters. The van der Waals surface area contributed by atoms with E-state index in [9.17, 15) is 9.59 Å². The number of hydrogen-bond donors (Lipinski definition) is 1. The molecule has 1 aliphatic rings. The number of fused-ring (bicyclic) bond motifs is 1. The molecule has 0 aliphatic carbocycles. The fourth-order valence-corrected chi connectivity index (χ4v) is 3.34. The number of benzene rings is 1. The Morgan fingerprint density at radius 3 is 2.54 bits per heavy atom. The van der Waals surface area contributed by atoms with Gasteiger partial charge < -0.3 is 10.2 Å². The average Bonchev–Trinajstić information content (AvgIpc) is 2.69. The SMILES string of the molecule is O=C(Nc1ccccc1)C1CCN(c2cc(=O)n3ccccc3n2)CC1. The molecule has 1 saturated heterocycles. The Morgan fingerprint density at radius 1 is 1.04 bits per heavy atom. The molecular weight excluding hydrogens is 328 g/mol. The molecule has 4 rings (SSSR count). The van der Waals surface area contributed by atoms with Gasteiger partial charge in [0.05, 0.1) is 0 Å². The maximum absolute atomic E-state index is 12.4. The highest BCUT2D eigenvalue weighted by Gasteiger charge is 2.26. The van der Waals surface area contributed by atoms with Crippen LogP contribution in [0.2, 0.25) is 0 Å². The van der Waals surface area contributed by atoms with E-state index in [1.807, 2.05) is 48.5 Å². The molecule has 1 fully saturated rings. The molecule has 1 N–H and O–H groups in total. The number of pyridine rings is 1. The second kappa shape index (κ2) is 7.00. The molecule has 6 nitrogen and oxygen atoms in total. The maximum atomic E-state index is 12.4. The quantitative estimate of drug-likeness (QED) is 0.790. The topological polar surface area (TPSA) is 66.7 Å². The van der Waals surface area contributed by atoms with Crippen molar-refractivity contribution in [3.63, 3.8) is 0 Å². The lowest BCUT2D eigenvalue weighted by Gasteiger charge is -2.32. The molecule has 3 heterocycles. The highest BCUT2D eigenvalue weighted by Crippen LogP contribution is 2.23. The summed E-state index contributed by atoms with van der Waals surface area (Å²) >= 11 is 0. The van der Waals surface area contributed by atoms with Crippen LogP contribution in [0.4, 0.5) is 11.5 Å². The van der Waals surface area contributed by atoms with Gasteiger partial charge in [0.15, 0.2) is 0 Å². The van der Waals surface area contributed by atoms with Gasteiger partial charge in [0, 0.05) is 37.0 Å². The van der Waals surface area contributed by atoms with E-state index in [2.05, 4.69) is 15.2 Å². The molecule has 0 bridgehead atoms. The van der Waals surface area contributed by atoms with E-state index in [0.717, 1.165) is 18.5 Å². The summed E-state index contributed by atoms with van der Waals surface area (Å²) in [5.74, 6) is 0.721. The number of hydrogen-bond acceptors (Lipinski definition) is 4. The van der Waals surface area contributed by atoms with Crippen LogP contribution in [0, 0.1) is 5.92 Å². The lowest BCUT2D eigenvalue weighted by atomic mass is 9.96. The van der Waals surface area contributed by atoms with Crippen LogP contribution in [0.3, 0.4) is 0 Å². The number of nitrogens with one attached hydrogen (secondary N) is 1. The summed E-state index contributed by atoms with van der Waals surface area (Å²) in [6, 6.07) is 16.6. The first-order valence-electron chi connectivity index (χ1n) is 8.80. The zero-order valence-corrected chi connectivity index (χ0v) is 14.3. The predicted octanol–water partition coefficient (Wildman–Crippen LogP) is 2.55. The molecule has 6 heteroatoms. The van der Waals surface area contributed by atoms with Gasteiger partial charge in [-0.15, -0.1) is 0 Å². The predicted molar refractivity (Wildman–Crippen MR) is 101 cm³/mol. The van der Waals surface area contributed by atoms with Crippen LogP contribution >= 0.6 is 0 Å². The highest BCUT2D eigenvalue weighted by molar-refractivity contribution is 5.92. The first kappa shape index (κ1) is 16.3. The zero-order valence-electron chi connectivity index (χ0n) is 14.3. The zero-order chi connectivity index (χ0) is 17.9. The van der Waals surface area contributed by atoms with Crippen LogP contribution < -0.4 is 15.8 Å². The van der Waals surface area contributed by atoms with Gasteiger partial charge in [-0.05, 0) is 37.1 Å². The van der Waals surface area contributed by atoms with E-state index >= 15 is 0 Å². The Hall–Kier alpha value is -3.15. The van der Waals surface area contributed by atoms with Crippen LogP contribution in [-0.4, -0.2) is 28.4 Å². The minimum Gasteiger partial charge on any atom is -0.356 e. The summed E-state index contributed by atoms with van der Waals surface area (Å²) in [6.07, 6.45) is 3.21. The summed E-state index contributed by atoms with van der Waals surface area (Å²) in [6.45, 7) is 1.42. The third kappa shape index (κ3) is 3.31. The fraction of sp³-hybridized carbons (Fsp3) is 0.250. The van der Waals surface area contributed by atoms with E-state index < -0.39 is 0 Å². The molecule has 132 valence electrons. The average molecular weight is 348 g/mol. The fourth-order valence-electron chi connectivity index (χ4n) is 3.34. The number of rotatable bonds is 3. The lowest BCUT2D eigenvalue weighted by Crippen LogP contribution is -2.39. The largest absolute Gasteiger partial charge is 0.356 e. The minimum atomic E-state index is -0.0884. The summed E-state index contributed by atoms with van der Waals surface area (Å²) in [4.78, 5) is 31.4. The molecular formula is C20H20N4O2. The van der Waals surface area contributed by atoms with E-state index in [-0.39, 0.29) is 17.4 Å². The molecule has 0 unspecified atom stereocenters. The Bertz CT molecular complexity index is 976. The van der Waals surface area contributed by atoms with Crippen molar-refractivity contribution in [1.82, 2.24) is 9.38 Å². The van der Waals surface area contributed by atoms with Crippen molar-refractivity contribution in [3.05, 3.63) is 71.1 Å². The first-order valence-corrected chi connectivity index (χ1v) is 8.80. The van der Waals surface area contributed by atoms with Gasteiger partial charge in [0.2, 0.25) is 5.91 Å². The number of anilines is 2. The molecule has 1 amide bonds. The summed E-state index contributed by atoms with van der Waals surface area (Å²) in [5, 5.41) is 2.97. The molecule has 0 saturated carbocycles. The lowest BCUT2D eigenvalue weighted by molar-refractivity contribution is -0.120. The smallest absolute Gasteiger partial charge is 0.259 e. The van der Waals surface area contributed by atoms with Crippen molar-refractivity contribution in [3.8, 4) is 0 Å². The third-order valence-corrected chi connectivity index (χ3v) is 4.79. The van der Waals surface area contributed by atoms with Crippen molar-refractivity contribution in [1.29, 1.82) is 0 Å². The first-order chi connectivity index (χ1) is 12.7. The van der Waals surface area contributed by atoms with Gasteiger partial charge in [0.25, 0.3) is 5.56 Å². The van der Waals surface area contributed by atoms with Crippen LogP contribution in [0.5, 0.6) is 0 Å². The molecule has 2 aromatic heterocycles. The molecule has 0 spiro atoms.